The largest absolute Gasteiger partial charge is 0.365 e. The number of nitrogens with zero attached hydrogens (tertiary/aromatic N) is 2. The molecule has 150 valence electrons. The highest BCUT2D eigenvalue weighted by Crippen LogP contribution is 2.36. The first-order valence-electron chi connectivity index (χ1n) is 9.56. The Morgan fingerprint density at radius 3 is 2.72 bits per heavy atom. The quantitative estimate of drug-likeness (QED) is 0.489. The van der Waals surface area contributed by atoms with Crippen LogP contribution in [0.4, 0.5) is 21.7 Å². The third-order valence-electron chi connectivity index (χ3n) is 5.11. The maximum Gasteiger partial charge on any atom is 0.252 e. The number of amides is 1. The molecule has 0 aliphatic heterocycles. The Kier molecular flexibility index (Phi) is 5.02. The van der Waals surface area contributed by atoms with Crippen molar-refractivity contribution in [1.82, 2.24) is 9.97 Å². The summed E-state index contributed by atoms with van der Waals surface area (Å²) in [7, 11) is 0. The Bertz CT molecular complexity index is 1060. The molecule has 3 aromatic rings. The maximum atomic E-state index is 14.6. The van der Waals surface area contributed by atoms with E-state index >= 15 is 0 Å². The number of fused-ring (bicyclic) bond motifs is 1. The van der Waals surface area contributed by atoms with E-state index in [1.165, 1.54) is 0 Å². The van der Waals surface area contributed by atoms with E-state index in [2.05, 4.69) is 20.6 Å². The number of carbonyl (C=O) groups is 1. The molecule has 1 amide bonds. The van der Waals surface area contributed by atoms with E-state index in [0.29, 0.717) is 11.6 Å². The molecule has 0 bridgehead atoms. The van der Waals surface area contributed by atoms with Crippen LogP contribution in [0.25, 0.3) is 10.9 Å². The molecule has 1 fully saturated rings. The fourth-order valence-electron chi connectivity index (χ4n) is 3.46. The zero-order valence-electron chi connectivity index (χ0n) is 16.0. The molecule has 0 unspecified atom stereocenters. The maximum absolute atomic E-state index is 14.6. The smallest absolute Gasteiger partial charge is 0.252 e. The van der Waals surface area contributed by atoms with Crippen LogP contribution >= 0.6 is 0 Å². The van der Waals surface area contributed by atoms with E-state index in [1.807, 2.05) is 37.3 Å². The van der Waals surface area contributed by atoms with E-state index in [1.54, 1.807) is 6.20 Å². The predicted octanol–water partition coefficient (Wildman–Crippen LogP) is 3.15. The molecule has 0 radical (unpaired) electrons. The van der Waals surface area contributed by atoms with E-state index in [4.69, 9.17) is 11.5 Å². The molecule has 8 heteroatoms. The number of hydrogen-bond donors (Lipinski definition) is 4. The fourth-order valence-corrected chi connectivity index (χ4v) is 3.46. The second-order valence-electron chi connectivity index (χ2n) is 7.48. The number of aromatic nitrogens is 2. The summed E-state index contributed by atoms with van der Waals surface area (Å²) in [5, 5.41) is 7.12. The Balaban J connectivity index is 1.68. The Labute approximate surface area is 167 Å². The summed E-state index contributed by atoms with van der Waals surface area (Å²) in [4.78, 5) is 20.5. The van der Waals surface area contributed by atoms with Crippen LogP contribution in [-0.2, 0) is 0 Å². The van der Waals surface area contributed by atoms with Crippen LogP contribution in [0.3, 0.4) is 0 Å². The van der Waals surface area contributed by atoms with Crippen LogP contribution in [0.15, 0.2) is 42.6 Å². The van der Waals surface area contributed by atoms with Crippen LogP contribution in [0.5, 0.6) is 0 Å². The highest BCUT2D eigenvalue weighted by atomic mass is 19.1. The summed E-state index contributed by atoms with van der Waals surface area (Å²) in [5.74, 6) is -0.772. The number of nitrogens with two attached hydrogens (primary N) is 2. The van der Waals surface area contributed by atoms with Gasteiger partial charge in [-0.3, -0.25) is 9.78 Å². The average molecular weight is 394 g/mol. The summed E-state index contributed by atoms with van der Waals surface area (Å²) >= 11 is 0. The lowest BCUT2D eigenvalue weighted by Gasteiger charge is -2.23. The average Bonchev–Trinajstić information content (AvgIpc) is 3.52. The molecular weight excluding hydrogens is 371 g/mol. The molecule has 2 heterocycles. The zero-order chi connectivity index (χ0) is 20.5. The van der Waals surface area contributed by atoms with Crippen molar-refractivity contribution in [2.75, 3.05) is 10.6 Å². The predicted molar refractivity (Wildman–Crippen MR) is 112 cm³/mol. The normalized spacial score (nSPS) is 15.7. The fraction of sp³-hybridized carbons (Fsp3) is 0.286. The lowest BCUT2D eigenvalue weighted by Crippen LogP contribution is -2.40. The SMILES string of the molecule is C[C@H](N)[C@H](Nc1nc(Nc2ccc3ncccc3c2)c(C(N)=O)cc1F)C1CC1. The van der Waals surface area contributed by atoms with Gasteiger partial charge in [-0.05, 0) is 56.0 Å². The summed E-state index contributed by atoms with van der Waals surface area (Å²) in [5.41, 5.74) is 13.0. The van der Waals surface area contributed by atoms with E-state index in [9.17, 15) is 9.18 Å². The lowest BCUT2D eigenvalue weighted by molar-refractivity contribution is 0.100. The molecule has 2 aromatic heterocycles. The van der Waals surface area contributed by atoms with Crippen LogP contribution in [-0.4, -0.2) is 28.0 Å². The van der Waals surface area contributed by atoms with Crippen LogP contribution in [0, 0.1) is 11.7 Å². The van der Waals surface area contributed by atoms with E-state index in [0.717, 1.165) is 29.8 Å². The molecule has 1 aliphatic carbocycles. The van der Waals surface area contributed by atoms with Gasteiger partial charge >= 0.3 is 0 Å². The van der Waals surface area contributed by atoms with Gasteiger partial charge in [0.1, 0.15) is 5.82 Å². The number of rotatable bonds is 7. The highest BCUT2D eigenvalue weighted by Gasteiger charge is 2.34. The van der Waals surface area contributed by atoms with Crippen molar-refractivity contribution in [3.05, 3.63) is 54.0 Å². The third-order valence-corrected chi connectivity index (χ3v) is 5.11. The number of anilines is 3. The van der Waals surface area contributed by atoms with Gasteiger partial charge in [0.2, 0.25) is 0 Å². The van der Waals surface area contributed by atoms with Crippen molar-refractivity contribution in [2.45, 2.75) is 31.8 Å². The number of nitrogens with one attached hydrogen (secondary N) is 2. The van der Waals surface area contributed by atoms with Gasteiger partial charge in [-0.1, -0.05) is 6.07 Å². The molecule has 0 saturated heterocycles. The standard InChI is InChI=1S/C21H23FN6O/c1-11(23)18(12-4-5-12)27-21-16(22)10-15(19(24)29)20(28-21)26-14-6-7-17-13(9-14)3-2-8-25-17/h2-3,6-12,18H,4-5,23H2,1H3,(H2,24,29)(H2,26,27,28)/t11-,18-/m0/s1. The molecule has 0 spiro atoms. The monoisotopic (exact) mass is 394 g/mol. The number of carbonyl (C=O) groups excluding carboxylic acids is 1. The van der Waals surface area contributed by atoms with Gasteiger partial charge in [0.25, 0.3) is 5.91 Å². The van der Waals surface area contributed by atoms with Crippen molar-refractivity contribution < 1.29 is 9.18 Å². The minimum Gasteiger partial charge on any atom is -0.365 e. The van der Waals surface area contributed by atoms with Crippen molar-refractivity contribution in [2.24, 2.45) is 17.4 Å². The van der Waals surface area contributed by atoms with Crippen molar-refractivity contribution in [1.29, 1.82) is 0 Å². The topological polar surface area (TPSA) is 119 Å². The molecule has 1 aliphatic rings. The van der Waals surface area contributed by atoms with Gasteiger partial charge in [0.15, 0.2) is 11.6 Å². The molecule has 29 heavy (non-hydrogen) atoms. The third kappa shape index (κ3) is 4.12. The van der Waals surface area contributed by atoms with Crippen LogP contribution in [0.1, 0.15) is 30.1 Å². The second-order valence-corrected chi connectivity index (χ2v) is 7.48. The molecular formula is C21H23FN6O. The summed E-state index contributed by atoms with van der Waals surface area (Å²) in [6, 6.07) is 10.2. The zero-order valence-corrected chi connectivity index (χ0v) is 16.0. The Morgan fingerprint density at radius 2 is 2.03 bits per heavy atom. The molecule has 6 N–H and O–H groups in total. The first-order valence-corrected chi connectivity index (χ1v) is 9.56. The van der Waals surface area contributed by atoms with Gasteiger partial charge in [0, 0.05) is 29.4 Å². The second kappa shape index (κ2) is 7.63. The minimum atomic E-state index is -0.765. The van der Waals surface area contributed by atoms with Gasteiger partial charge in [-0.2, -0.15) is 0 Å². The van der Waals surface area contributed by atoms with Crippen LogP contribution < -0.4 is 22.1 Å². The Morgan fingerprint density at radius 1 is 1.24 bits per heavy atom. The molecule has 2 atom stereocenters. The van der Waals surface area contributed by atoms with Gasteiger partial charge in [0.05, 0.1) is 11.1 Å². The number of primary amides is 1. The van der Waals surface area contributed by atoms with Crippen molar-refractivity contribution in [3.8, 4) is 0 Å². The van der Waals surface area contributed by atoms with Crippen LogP contribution in [0.2, 0.25) is 0 Å². The minimum absolute atomic E-state index is 0.0249. The molecule has 1 saturated carbocycles. The molecule has 4 rings (SSSR count). The van der Waals surface area contributed by atoms with Gasteiger partial charge in [-0.15, -0.1) is 0 Å². The van der Waals surface area contributed by atoms with E-state index in [-0.39, 0.29) is 29.3 Å². The van der Waals surface area contributed by atoms with Crippen molar-refractivity contribution >= 4 is 34.1 Å². The number of pyridine rings is 2. The lowest BCUT2D eigenvalue weighted by atomic mass is 10.1. The van der Waals surface area contributed by atoms with E-state index < -0.39 is 11.7 Å². The summed E-state index contributed by atoms with van der Waals surface area (Å²) < 4.78 is 14.6. The van der Waals surface area contributed by atoms with Gasteiger partial charge < -0.3 is 22.1 Å². The first kappa shape index (κ1) is 19.1. The van der Waals surface area contributed by atoms with Gasteiger partial charge in [-0.25, -0.2) is 9.37 Å². The Hall–Kier alpha value is -3.26. The molecule has 1 aromatic carbocycles. The number of benzene rings is 1. The number of hydrogen-bond acceptors (Lipinski definition) is 6. The van der Waals surface area contributed by atoms with Crippen molar-refractivity contribution in [3.63, 3.8) is 0 Å². The highest BCUT2D eigenvalue weighted by molar-refractivity contribution is 5.99. The summed E-state index contributed by atoms with van der Waals surface area (Å²) in [6.07, 6.45) is 3.82. The summed E-state index contributed by atoms with van der Waals surface area (Å²) in [6.45, 7) is 1.88. The first-order chi connectivity index (χ1) is 13.9. The number of halogens is 1. The molecule has 7 nitrogen and oxygen atoms in total.